The largest absolute Gasteiger partial charge is 0.271 e. The van der Waals surface area contributed by atoms with Crippen molar-refractivity contribution in [3.63, 3.8) is 0 Å². The molecule has 1 heterocycles. The fourth-order valence-corrected chi connectivity index (χ4v) is 2.96. The van der Waals surface area contributed by atoms with Crippen molar-refractivity contribution in [3.05, 3.63) is 52.8 Å². The normalized spacial score (nSPS) is 13.4. The van der Waals surface area contributed by atoms with Gasteiger partial charge in [-0.1, -0.05) is 62.7 Å². The summed E-state index contributed by atoms with van der Waals surface area (Å²) in [6.07, 6.45) is 2.69. The van der Waals surface area contributed by atoms with Gasteiger partial charge in [0.1, 0.15) is 0 Å². The van der Waals surface area contributed by atoms with E-state index < -0.39 is 0 Å². The van der Waals surface area contributed by atoms with Crippen LogP contribution in [0.3, 0.4) is 0 Å². The van der Waals surface area contributed by atoms with Crippen molar-refractivity contribution >= 4 is 11.6 Å². The Bertz CT molecular complexity index is 577. The molecule has 2 aromatic rings. The van der Waals surface area contributed by atoms with Crippen LogP contribution in [0.2, 0.25) is 5.02 Å². The smallest absolute Gasteiger partial charge is 0.0835 e. The number of nitrogens with two attached hydrogens (primary N) is 1. The number of aryl methyl sites for hydroxylation is 1. The van der Waals surface area contributed by atoms with Gasteiger partial charge in [-0.3, -0.25) is 16.0 Å². The Morgan fingerprint density at radius 3 is 2.57 bits per heavy atom. The summed E-state index contributed by atoms with van der Waals surface area (Å²) in [4.78, 5) is 0. The molecule has 1 aromatic carbocycles. The quantitative estimate of drug-likeness (QED) is 0.635. The van der Waals surface area contributed by atoms with Gasteiger partial charge in [-0.25, -0.2) is 0 Å². The third-order valence-corrected chi connectivity index (χ3v) is 4.24. The van der Waals surface area contributed by atoms with Crippen LogP contribution in [0.5, 0.6) is 0 Å². The number of hydrogen-bond donors (Lipinski definition) is 2. The van der Waals surface area contributed by atoms with Crippen molar-refractivity contribution < 1.29 is 0 Å². The fourth-order valence-electron chi connectivity index (χ4n) is 2.71. The molecule has 1 aromatic heterocycles. The minimum absolute atomic E-state index is 0.124. The summed E-state index contributed by atoms with van der Waals surface area (Å²) >= 11 is 6.37. The first-order valence-corrected chi connectivity index (χ1v) is 7.63. The van der Waals surface area contributed by atoms with E-state index in [4.69, 9.17) is 17.4 Å². The lowest BCUT2D eigenvalue weighted by molar-refractivity contribution is 0.330. The highest BCUT2D eigenvalue weighted by molar-refractivity contribution is 6.31. The Balaban J connectivity index is 2.46. The number of rotatable bonds is 6. The Kier molecular flexibility index (Phi) is 5.04. The van der Waals surface area contributed by atoms with E-state index in [1.165, 1.54) is 5.56 Å². The molecule has 0 bridgehead atoms. The van der Waals surface area contributed by atoms with Crippen molar-refractivity contribution in [2.45, 2.75) is 45.2 Å². The lowest BCUT2D eigenvalue weighted by Crippen LogP contribution is -2.42. The van der Waals surface area contributed by atoms with Crippen molar-refractivity contribution in [1.82, 2.24) is 15.2 Å². The molecular weight excluding hydrogens is 284 g/mol. The number of benzene rings is 1. The molecular formula is C16H23ClN4. The molecule has 0 saturated heterocycles. The highest BCUT2D eigenvalue weighted by atomic mass is 35.5. The molecule has 114 valence electrons. The predicted molar refractivity (Wildman–Crippen MR) is 87.1 cm³/mol. The summed E-state index contributed by atoms with van der Waals surface area (Å²) in [6, 6.07) is 10.2. The van der Waals surface area contributed by atoms with Crippen molar-refractivity contribution in [2.75, 3.05) is 0 Å². The minimum atomic E-state index is -0.217. The van der Waals surface area contributed by atoms with E-state index in [2.05, 4.69) is 43.4 Å². The maximum atomic E-state index is 6.37. The van der Waals surface area contributed by atoms with E-state index in [-0.39, 0.29) is 11.5 Å². The second-order valence-corrected chi connectivity index (χ2v) is 6.20. The minimum Gasteiger partial charge on any atom is -0.271 e. The van der Waals surface area contributed by atoms with E-state index >= 15 is 0 Å². The van der Waals surface area contributed by atoms with Crippen LogP contribution in [0.4, 0.5) is 0 Å². The van der Waals surface area contributed by atoms with Gasteiger partial charge in [0.05, 0.1) is 23.0 Å². The lowest BCUT2D eigenvalue weighted by atomic mass is 9.76. The summed E-state index contributed by atoms with van der Waals surface area (Å²) in [6.45, 7) is 7.26. The maximum Gasteiger partial charge on any atom is 0.0835 e. The molecule has 0 aliphatic rings. The van der Waals surface area contributed by atoms with E-state index in [1.54, 1.807) is 6.20 Å². The molecule has 2 rings (SSSR count). The standard InChI is InChI=1S/C16H23ClN4/c1-4-10-21-14(13(17)11-19-21)15(20-18)16(2,3)12-8-6-5-7-9-12/h5-9,11,15,20H,4,10,18H2,1-3H3. The Hall–Kier alpha value is -1.36. The fraction of sp³-hybridized carbons (Fsp3) is 0.438. The first-order valence-electron chi connectivity index (χ1n) is 7.25. The molecule has 0 aliphatic carbocycles. The topological polar surface area (TPSA) is 55.9 Å². The van der Waals surface area contributed by atoms with Crippen LogP contribution in [0.25, 0.3) is 0 Å². The van der Waals surface area contributed by atoms with E-state index in [0.29, 0.717) is 5.02 Å². The van der Waals surface area contributed by atoms with Crippen molar-refractivity contribution in [1.29, 1.82) is 0 Å². The average Bonchev–Trinajstić information content (AvgIpc) is 2.83. The van der Waals surface area contributed by atoms with Gasteiger partial charge in [-0.15, -0.1) is 0 Å². The molecule has 0 amide bonds. The molecule has 1 unspecified atom stereocenters. The van der Waals surface area contributed by atoms with E-state index in [9.17, 15) is 0 Å². The monoisotopic (exact) mass is 306 g/mol. The Labute approximate surface area is 131 Å². The molecule has 21 heavy (non-hydrogen) atoms. The number of nitrogens with zero attached hydrogens (tertiary/aromatic N) is 2. The molecule has 5 heteroatoms. The second-order valence-electron chi connectivity index (χ2n) is 5.79. The first-order chi connectivity index (χ1) is 10.0. The van der Waals surface area contributed by atoms with Gasteiger partial charge in [-0.2, -0.15) is 5.10 Å². The second kappa shape index (κ2) is 6.60. The summed E-state index contributed by atoms with van der Waals surface area (Å²) in [5.41, 5.74) is 4.86. The van der Waals surface area contributed by atoms with Crippen LogP contribution < -0.4 is 11.3 Å². The third-order valence-electron chi connectivity index (χ3n) is 3.95. The third kappa shape index (κ3) is 3.12. The van der Waals surface area contributed by atoms with E-state index in [1.807, 2.05) is 22.9 Å². The molecule has 0 saturated carbocycles. The Morgan fingerprint density at radius 2 is 2.00 bits per heavy atom. The van der Waals surface area contributed by atoms with Crippen molar-refractivity contribution in [3.8, 4) is 0 Å². The molecule has 4 nitrogen and oxygen atoms in total. The van der Waals surface area contributed by atoms with E-state index in [0.717, 1.165) is 18.7 Å². The molecule has 0 radical (unpaired) electrons. The van der Waals surface area contributed by atoms with Crippen LogP contribution in [0.1, 0.15) is 44.5 Å². The van der Waals surface area contributed by atoms with Gasteiger partial charge in [0.2, 0.25) is 0 Å². The summed E-state index contributed by atoms with van der Waals surface area (Å²) in [5, 5.41) is 5.02. The van der Waals surface area contributed by atoms with Gasteiger partial charge in [0, 0.05) is 12.0 Å². The zero-order chi connectivity index (χ0) is 15.5. The van der Waals surface area contributed by atoms with Crippen LogP contribution in [-0.2, 0) is 12.0 Å². The molecule has 0 spiro atoms. The number of hydrazine groups is 1. The predicted octanol–water partition coefficient (Wildman–Crippen LogP) is 3.43. The lowest BCUT2D eigenvalue weighted by Gasteiger charge is -2.35. The molecule has 3 N–H and O–H groups in total. The Morgan fingerprint density at radius 1 is 1.33 bits per heavy atom. The van der Waals surface area contributed by atoms with Crippen LogP contribution >= 0.6 is 11.6 Å². The van der Waals surface area contributed by atoms with Gasteiger partial charge in [-0.05, 0) is 12.0 Å². The molecule has 0 aliphatic heterocycles. The van der Waals surface area contributed by atoms with Crippen LogP contribution in [0, 0.1) is 0 Å². The highest BCUT2D eigenvalue weighted by Gasteiger charge is 2.35. The summed E-state index contributed by atoms with van der Waals surface area (Å²) in [7, 11) is 0. The first kappa shape index (κ1) is 16.0. The van der Waals surface area contributed by atoms with Crippen LogP contribution in [0.15, 0.2) is 36.5 Å². The maximum absolute atomic E-state index is 6.37. The highest BCUT2D eigenvalue weighted by Crippen LogP contribution is 2.38. The zero-order valence-electron chi connectivity index (χ0n) is 12.8. The van der Waals surface area contributed by atoms with Gasteiger partial charge < -0.3 is 0 Å². The van der Waals surface area contributed by atoms with Crippen LogP contribution in [-0.4, -0.2) is 9.78 Å². The SMILES string of the molecule is CCCn1ncc(Cl)c1C(NN)C(C)(C)c1ccccc1. The zero-order valence-corrected chi connectivity index (χ0v) is 13.6. The summed E-state index contributed by atoms with van der Waals surface area (Å²) < 4.78 is 1.94. The number of aromatic nitrogens is 2. The van der Waals surface area contributed by atoms with Gasteiger partial charge in [0.15, 0.2) is 0 Å². The average molecular weight is 307 g/mol. The molecule has 1 atom stereocenters. The number of nitrogens with one attached hydrogen (secondary N) is 1. The number of halogens is 1. The van der Waals surface area contributed by atoms with Gasteiger partial charge in [0.25, 0.3) is 0 Å². The summed E-state index contributed by atoms with van der Waals surface area (Å²) in [5.74, 6) is 5.87. The van der Waals surface area contributed by atoms with Gasteiger partial charge >= 0.3 is 0 Å². The molecule has 0 fully saturated rings. The van der Waals surface area contributed by atoms with Crippen molar-refractivity contribution in [2.24, 2.45) is 5.84 Å². The number of hydrogen-bond acceptors (Lipinski definition) is 3.